The van der Waals surface area contributed by atoms with Crippen molar-refractivity contribution in [3.63, 3.8) is 0 Å². The number of carbonyl (C=O) groups is 3. The number of fused-ring (bicyclic) bond motifs is 2. The van der Waals surface area contributed by atoms with Crippen LogP contribution in [-0.4, -0.2) is 70.8 Å². The Labute approximate surface area is 234 Å². The Bertz CT molecular complexity index is 1580. The minimum Gasteiger partial charge on any atom is -0.482 e. The summed E-state index contributed by atoms with van der Waals surface area (Å²) in [5.41, 5.74) is 9.88. The zero-order valence-corrected chi connectivity index (χ0v) is 22.1. The molecule has 4 aromatic rings. The average molecular weight is 560 g/mol. The van der Waals surface area contributed by atoms with Gasteiger partial charge in [0, 0.05) is 38.1 Å². The number of carboxylic acids is 1. The first-order chi connectivity index (χ1) is 19.9. The van der Waals surface area contributed by atoms with E-state index in [4.69, 9.17) is 20.3 Å². The highest BCUT2D eigenvalue weighted by Gasteiger charge is 2.20. The van der Waals surface area contributed by atoms with Gasteiger partial charge in [-0.15, -0.1) is 0 Å². The molecule has 1 saturated heterocycles. The van der Waals surface area contributed by atoms with Crippen LogP contribution in [0.2, 0.25) is 0 Å². The van der Waals surface area contributed by atoms with Crippen molar-refractivity contribution in [1.82, 2.24) is 20.3 Å². The first-order valence-corrected chi connectivity index (χ1v) is 12.9. The number of amides is 2. The molecule has 0 bridgehead atoms. The smallest absolute Gasteiger partial charge is 0.339 e. The molecule has 0 atom stereocenters. The molecule has 6 N–H and O–H groups in total. The first-order valence-electron chi connectivity index (χ1n) is 12.9. The maximum atomic E-state index is 12.5. The lowest BCUT2D eigenvalue weighted by Crippen LogP contribution is -2.36. The number of carboxylic acid groups (broad SMARTS) is 1. The Kier molecular flexibility index (Phi) is 8.36. The highest BCUT2D eigenvalue weighted by atomic mass is 16.5. The van der Waals surface area contributed by atoms with Gasteiger partial charge in [-0.3, -0.25) is 9.59 Å². The largest absolute Gasteiger partial charge is 0.482 e. The number of nitrogens with two attached hydrogens (primary N) is 1. The normalized spacial score (nSPS) is 14.3. The molecule has 212 valence electrons. The minimum atomic E-state index is -1.15. The van der Waals surface area contributed by atoms with E-state index in [9.17, 15) is 14.4 Å². The molecule has 0 radical (unpaired) electrons. The molecule has 2 aromatic heterocycles. The fourth-order valence-corrected chi connectivity index (χ4v) is 4.58. The zero-order valence-electron chi connectivity index (χ0n) is 22.1. The van der Waals surface area contributed by atoms with Crippen LogP contribution in [0.4, 0.5) is 11.4 Å². The van der Waals surface area contributed by atoms with E-state index in [-0.39, 0.29) is 41.3 Å². The molecule has 41 heavy (non-hydrogen) atoms. The van der Waals surface area contributed by atoms with Crippen LogP contribution < -0.4 is 26.0 Å². The number of aromatic amines is 1. The summed E-state index contributed by atoms with van der Waals surface area (Å²) in [7, 11) is 0. The molecule has 2 aliphatic heterocycles. The number of ether oxygens (including phenoxy) is 2. The van der Waals surface area contributed by atoms with E-state index >= 15 is 0 Å². The lowest BCUT2D eigenvalue weighted by molar-refractivity contribution is -0.118. The fraction of sp³-hybridized carbons (Fsp3) is 0.250. The number of hydrogen-bond acceptors (Lipinski definition) is 9. The standard InChI is InChI=1S/C17H13N5O5.C11H16N2O/c23-12-6-27-11-2-1-8(3-10(11)22-12)4-19-16(24)15-14-13(20-7-21-15)9(5-18-14)17(25)26;12-9-10-3-1-2-4-11(10)13-5-7-14-8-6-13/h1-3,5,7,18H,4,6H2,(H,19,24)(H,22,23)(H,25,26);1-4H,5-9,12H2. The van der Waals surface area contributed by atoms with Crippen molar-refractivity contribution >= 4 is 40.2 Å². The van der Waals surface area contributed by atoms with Crippen LogP contribution in [0.15, 0.2) is 55.0 Å². The average Bonchev–Trinajstić information content (AvgIpc) is 3.45. The summed E-state index contributed by atoms with van der Waals surface area (Å²) < 4.78 is 10.6. The monoisotopic (exact) mass is 559 g/mol. The minimum absolute atomic E-state index is 0.0265. The molecule has 13 heteroatoms. The van der Waals surface area contributed by atoms with Crippen LogP contribution in [0.5, 0.6) is 5.75 Å². The summed E-state index contributed by atoms with van der Waals surface area (Å²) >= 11 is 0. The van der Waals surface area contributed by atoms with Gasteiger partial charge < -0.3 is 40.8 Å². The summed E-state index contributed by atoms with van der Waals surface area (Å²) in [5.74, 6) is -1.31. The van der Waals surface area contributed by atoms with Gasteiger partial charge in [-0.1, -0.05) is 24.3 Å². The topological polar surface area (TPSA) is 185 Å². The number of nitrogens with zero attached hydrogens (tertiary/aromatic N) is 3. The van der Waals surface area contributed by atoms with Crippen molar-refractivity contribution in [2.75, 3.05) is 43.1 Å². The van der Waals surface area contributed by atoms with E-state index < -0.39 is 11.9 Å². The number of anilines is 2. The summed E-state index contributed by atoms with van der Waals surface area (Å²) in [6.07, 6.45) is 2.41. The number of carbonyl (C=O) groups excluding carboxylic acids is 2. The number of aromatic carboxylic acids is 1. The second kappa shape index (κ2) is 12.4. The fourth-order valence-electron chi connectivity index (χ4n) is 4.58. The van der Waals surface area contributed by atoms with Crippen LogP contribution in [0.1, 0.15) is 32.0 Å². The summed E-state index contributed by atoms with van der Waals surface area (Å²) in [5, 5.41) is 14.6. The Morgan fingerprint density at radius 1 is 1.12 bits per heavy atom. The van der Waals surface area contributed by atoms with E-state index in [1.165, 1.54) is 17.4 Å². The number of morpholine rings is 1. The molecule has 0 saturated carbocycles. The van der Waals surface area contributed by atoms with Gasteiger partial charge in [-0.05, 0) is 29.3 Å². The number of rotatable bonds is 6. The summed E-state index contributed by atoms with van der Waals surface area (Å²) in [6, 6.07) is 13.5. The van der Waals surface area contributed by atoms with Gasteiger partial charge in [0.05, 0.1) is 24.4 Å². The van der Waals surface area contributed by atoms with Crippen molar-refractivity contribution in [3.8, 4) is 5.75 Å². The van der Waals surface area contributed by atoms with Crippen molar-refractivity contribution < 1.29 is 29.0 Å². The molecule has 6 rings (SSSR count). The molecule has 2 aromatic carbocycles. The van der Waals surface area contributed by atoms with Crippen molar-refractivity contribution in [1.29, 1.82) is 0 Å². The highest BCUT2D eigenvalue weighted by Crippen LogP contribution is 2.28. The van der Waals surface area contributed by atoms with Crippen LogP contribution in [0.25, 0.3) is 11.0 Å². The second-order valence-corrected chi connectivity index (χ2v) is 9.24. The van der Waals surface area contributed by atoms with Gasteiger partial charge in [0.15, 0.2) is 12.3 Å². The second-order valence-electron chi connectivity index (χ2n) is 9.24. The van der Waals surface area contributed by atoms with Crippen molar-refractivity contribution in [2.45, 2.75) is 13.1 Å². The molecule has 1 fully saturated rings. The molecule has 0 unspecified atom stereocenters. The number of hydrogen-bond donors (Lipinski definition) is 5. The van der Waals surface area contributed by atoms with Crippen molar-refractivity contribution in [3.05, 3.63) is 77.4 Å². The van der Waals surface area contributed by atoms with Gasteiger partial charge in [-0.2, -0.15) is 0 Å². The first kappa shape index (κ1) is 27.6. The third-order valence-corrected chi connectivity index (χ3v) is 6.60. The van der Waals surface area contributed by atoms with E-state index in [0.717, 1.165) is 38.2 Å². The third-order valence-electron chi connectivity index (χ3n) is 6.60. The predicted octanol–water partition coefficient (Wildman–Crippen LogP) is 1.90. The van der Waals surface area contributed by atoms with Gasteiger partial charge in [-0.25, -0.2) is 14.8 Å². The molecule has 0 aliphatic carbocycles. The van der Waals surface area contributed by atoms with E-state index in [2.05, 4.69) is 48.7 Å². The molecule has 0 spiro atoms. The van der Waals surface area contributed by atoms with Crippen LogP contribution in [0.3, 0.4) is 0 Å². The predicted molar refractivity (Wildman–Crippen MR) is 150 cm³/mol. The number of benzene rings is 2. The van der Waals surface area contributed by atoms with Crippen molar-refractivity contribution in [2.24, 2.45) is 5.73 Å². The lowest BCUT2D eigenvalue weighted by Gasteiger charge is -2.30. The van der Waals surface area contributed by atoms with E-state index in [1.807, 2.05) is 6.07 Å². The number of para-hydroxylation sites is 1. The molecule has 4 heterocycles. The molecule has 13 nitrogen and oxygen atoms in total. The van der Waals surface area contributed by atoms with Gasteiger partial charge in [0.1, 0.15) is 23.2 Å². The Morgan fingerprint density at radius 3 is 2.71 bits per heavy atom. The van der Waals surface area contributed by atoms with Crippen LogP contribution in [0, 0.1) is 0 Å². The van der Waals surface area contributed by atoms with Gasteiger partial charge >= 0.3 is 5.97 Å². The SMILES string of the molecule is NCc1ccccc1N1CCOCC1.O=C1COc2ccc(CNC(=O)c3ncnc4c(C(=O)O)c[nH]c34)cc2N1. The quantitative estimate of drug-likeness (QED) is 0.234. The van der Waals surface area contributed by atoms with Gasteiger partial charge in [0.2, 0.25) is 0 Å². The maximum Gasteiger partial charge on any atom is 0.339 e. The molecule has 2 aliphatic rings. The Morgan fingerprint density at radius 2 is 1.93 bits per heavy atom. The molecule has 2 amide bonds. The number of H-pyrrole nitrogens is 1. The summed E-state index contributed by atoms with van der Waals surface area (Å²) in [4.78, 5) is 48.0. The molecular weight excluding hydrogens is 530 g/mol. The third kappa shape index (κ3) is 6.26. The van der Waals surface area contributed by atoms with Crippen LogP contribution in [-0.2, 0) is 22.6 Å². The van der Waals surface area contributed by atoms with Gasteiger partial charge in [0.25, 0.3) is 11.8 Å². The lowest BCUT2D eigenvalue weighted by atomic mass is 10.1. The Hall–Kier alpha value is -5.01. The van der Waals surface area contributed by atoms with E-state index in [1.54, 1.807) is 18.2 Å². The highest BCUT2D eigenvalue weighted by molar-refractivity contribution is 6.08. The number of nitrogens with one attached hydrogen (secondary N) is 3. The maximum absolute atomic E-state index is 12.5. The van der Waals surface area contributed by atoms with Crippen LogP contribution >= 0.6 is 0 Å². The zero-order chi connectivity index (χ0) is 28.8. The number of aromatic nitrogens is 3. The van der Waals surface area contributed by atoms with E-state index in [0.29, 0.717) is 18.0 Å². The Balaban J connectivity index is 0.000000202. The summed E-state index contributed by atoms with van der Waals surface area (Å²) in [6.45, 7) is 4.33. The molecular formula is C28H29N7O6.